The predicted molar refractivity (Wildman–Crippen MR) is 62.0 cm³/mol. The molecule has 1 aliphatic carbocycles. The number of hydrogen-bond acceptors (Lipinski definition) is 4. The first-order valence-electron chi connectivity index (χ1n) is 6.02. The van der Waals surface area contributed by atoms with Crippen molar-refractivity contribution in [3.63, 3.8) is 0 Å². The molecule has 2 aliphatic rings. The fourth-order valence-corrected chi connectivity index (χ4v) is 2.62. The van der Waals surface area contributed by atoms with E-state index in [-0.39, 0.29) is 23.6 Å². The van der Waals surface area contributed by atoms with Crippen molar-refractivity contribution in [2.24, 2.45) is 0 Å². The molecule has 0 atom stereocenters. The Bertz CT molecular complexity index is 508. The van der Waals surface area contributed by atoms with E-state index in [0.29, 0.717) is 36.8 Å². The SMILES string of the molecule is O=C1CCC(N2C(=O)c3ccncc3C2=O)CC1. The van der Waals surface area contributed by atoms with Gasteiger partial charge >= 0.3 is 0 Å². The Hall–Kier alpha value is -2.04. The van der Waals surface area contributed by atoms with Crippen molar-refractivity contribution in [2.45, 2.75) is 31.7 Å². The number of carbonyl (C=O) groups is 3. The van der Waals surface area contributed by atoms with Crippen LogP contribution in [-0.2, 0) is 4.79 Å². The van der Waals surface area contributed by atoms with Crippen LogP contribution in [0, 0.1) is 0 Å². The molecule has 3 rings (SSSR count). The Labute approximate surface area is 104 Å². The second kappa shape index (κ2) is 4.01. The third-order valence-corrected chi connectivity index (χ3v) is 3.60. The van der Waals surface area contributed by atoms with Gasteiger partial charge in [0.2, 0.25) is 0 Å². The number of pyridine rings is 1. The zero-order valence-electron chi connectivity index (χ0n) is 9.76. The maximum absolute atomic E-state index is 12.2. The fourth-order valence-electron chi connectivity index (χ4n) is 2.62. The molecule has 0 bridgehead atoms. The van der Waals surface area contributed by atoms with Crippen LogP contribution in [0.2, 0.25) is 0 Å². The first-order chi connectivity index (χ1) is 8.68. The van der Waals surface area contributed by atoms with Gasteiger partial charge in [0.05, 0.1) is 11.1 Å². The molecule has 5 heteroatoms. The number of aromatic nitrogens is 1. The van der Waals surface area contributed by atoms with Crippen molar-refractivity contribution in [3.05, 3.63) is 29.6 Å². The molecule has 0 unspecified atom stereocenters. The van der Waals surface area contributed by atoms with Crippen LogP contribution in [0.4, 0.5) is 0 Å². The van der Waals surface area contributed by atoms with E-state index in [4.69, 9.17) is 0 Å². The summed E-state index contributed by atoms with van der Waals surface area (Å²) in [6.45, 7) is 0. The summed E-state index contributed by atoms with van der Waals surface area (Å²) in [7, 11) is 0. The second-order valence-electron chi connectivity index (χ2n) is 4.67. The minimum atomic E-state index is -0.276. The third-order valence-electron chi connectivity index (χ3n) is 3.60. The van der Waals surface area contributed by atoms with E-state index in [2.05, 4.69) is 4.98 Å². The van der Waals surface area contributed by atoms with Crippen LogP contribution in [0.5, 0.6) is 0 Å². The van der Waals surface area contributed by atoms with Crippen LogP contribution in [0.1, 0.15) is 46.4 Å². The molecule has 1 aromatic rings. The maximum Gasteiger partial charge on any atom is 0.263 e. The van der Waals surface area contributed by atoms with Gasteiger partial charge in [0, 0.05) is 31.3 Å². The lowest BCUT2D eigenvalue weighted by Crippen LogP contribution is -2.42. The number of hydrogen-bond donors (Lipinski definition) is 0. The molecule has 1 aromatic heterocycles. The van der Waals surface area contributed by atoms with Gasteiger partial charge in [0.15, 0.2) is 0 Å². The number of nitrogens with zero attached hydrogens (tertiary/aromatic N) is 2. The Morgan fingerprint density at radius 3 is 2.39 bits per heavy atom. The second-order valence-corrected chi connectivity index (χ2v) is 4.67. The minimum Gasteiger partial charge on any atom is -0.300 e. The highest BCUT2D eigenvalue weighted by atomic mass is 16.2. The highest BCUT2D eigenvalue weighted by Gasteiger charge is 2.40. The molecule has 0 saturated heterocycles. The highest BCUT2D eigenvalue weighted by Crippen LogP contribution is 2.29. The fraction of sp³-hybridized carbons (Fsp3) is 0.385. The lowest BCUT2D eigenvalue weighted by molar-refractivity contribution is -0.121. The van der Waals surface area contributed by atoms with Gasteiger partial charge in [-0.15, -0.1) is 0 Å². The molecule has 2 heterocycles. The zero-order chi connectivity index (χ0) is 12.7. The van der Waals surface area contributed by atoms with E-state index < -0.39 is 0 Å². The number of imide groups is 1. The number of amides is 2. The molecule has 0 radical (unpaired) electrons. The van der Waals surface area contributed by atoms with Crippen LogP contribution in [0.3, 0.4) is 0 Å². The predicted octanol–water partition coefficient (Wildman–Crippen LogP) is 1.19. The van der Waals surface area contributed by atoms with Crippen molar-refractivity contribution >= 4 is 17.6 Å². The molecule has 1 fully saturated rings. The summed E-state index contributed by atoms with van der Waals surface area (Å²) >= 11 is 0. The Morgan fingerprint density at radius 1 is 1.06 bits per heavy atom. The largest absolute Gasteiger partial charge is 0.300 e. The quantitative estimate of drug-likeness (QED) is 0.696. The van der Waals surface area contributed by atoms with Gasteiger partial charge < -0.3 is 0 Å². The average molecular weight is 244 g/mol. The molecule has 92 valence electrons. The summed E-state index contributed by atoms with van der Waals surface area (Å²) in [5.74, 6) is -0.316. The van der Waals surface area contributed by atoms with Gasteiger partial charge in [-0.3, -0.25) is 24.3 Å². The minimum absolute atomic E-state index is 0.143. The van der Waals surface area contributed by atoms with Gasteiger partial charge in [0.1, 0.15) is 5.78 Å². The van der Waals surface area contributed by atoms with Gasteiger partial charge in [-0.05, 0) is 18.9 Å². The van der Waals surface area contributed by atoms with E-state index in [0.717, 1.165) is 0 Å². The molecular weight excluding hydrogens is 232 g/mol. The summed E-state index contributed by atoms with van der Waals surface area (Å²) in [6, 6.07) is 1.43. The third kappa shape index (κ3) is 1.54. The number of fused-ring (bicyclic) bond motifs is 1. The summed E-state index contributed by atoms with van der Waals surface area (Å²) < 4.78 is 0. The monoisotopic (exact) mass is 244 g/mol. The van der Waals surface area contributed by atoms with Crippen LogP contribution >= 0.6 is 0 Å². The van der Waals surface area contributed by atoms with Crippen LogP contribution in [0.15, 0.2) is 18.5 Å². The molecule has 1 saturated carbocycles. The van der Waals surface area contributed by atoms with Crippen LogP contribution in [0.25, 0.3) is 0 Å². The lowest BCUT2D eigenvalue weighted by Gasteiger charge is -2.28. The lowest BCUT2D eigenvalue weighted by atomic mass is 9.93. The smallest absolute Gasteiger partial charge is 0.263 e. The van der Waals surface area contributed by atoms with Crippen LogP contribution < -0.4 is 0 Å². The molecule has 18 heavy (non-hydrogen) atoms. The first kappa shape index (κ1) is 11.1. The molecule has 5 nitrogen and oxygen atoms in total. The van der Waals surface area contributed by atoms with Crippen molar-refractivity contribution in [3.8, 4) is 0 Å². The van der Waals surface area contributed by atoms with E-state index in [1.54, 1.807) is 6.07 Å². The van der Waals surface area contributed by atoms with Crippen molar-refractivity contribution in [2.75, 3.05) is 0 Å². The Balaban J connectivity index is 1.90. The highest BCUT2D eigenvalue weighted by molar-refractivity contribution is 6.21. The molecule has 0 spiro atoms. The number of carbonyl (C=O) groups excluding carboxylic acids is 3. The van der Waals surface area contributed by atoms with E-state index >= 15 is 0 Å². The molecule has 0 N–H and O–H groups in total. The van der Waals surface area contributed by atoms with Gasteiger partial charge in [-0.2, -0.15) is 0 Å². The van der Waals surface area contributed by atoms with Crippen molar-refractivity contribution in [1.82, 2.24) is 9.88 Å². The molecule has 2 amide bonds. The van der Waals surface area contributed by atoms with Gasteiger partial charge in [-0.1, -0.05) is 0 Å². The van der Waals surface area contributed by atoms with Gasteiger partial charge in [0.25, 0.3) is 11.8 Å². The summed E-state index contributed by atoms with van der Waals surface area (Å²) in [4.78, 5) is 40.7. The van der Waals surface area contributed by atoms with E-state index in [1.165, 1.54) is 17.3 Å². The summed E-state index contributed by atoms with van der Waals surface area (Å²) in [5, 5.41) is 0. The topological polar surface area (TPSA) is 67.3 Å². The van der Waals surface area contributed by atoms with Crippen LogP contribution in [-0.4, -0.2) is 33.5 Å². The standard InChI is InChI=1S/C13H12N2O3/c16-9-3-1-8(2-4-9)15-12(17)10-5-6-14-7-11(10)13(15)18/h5-8H,1-4H2. The normalized spacial score (nSPS) is 20.4. The average Bonchev–Trinajstić information content (AvgIpc) is 2.64. The number of Topliss-reactive ketones (excluding diaryl/α,β-unsaturated/α-hetero) is 1. The Morgan fingerprint density at radius 2 is 1.72 bits per heavy atom. The zero-order valence-corrected chi connectivity index (χ0v) is 9.76. The first-order valence-corrected chi connectivity index (χ1v) is 6.02. The van der Waals surface area contributed by atoms with Gasteiger partial charge in [-0.25, -0.2) is 0 Å². The Kier molecular flexibility index (Phi) is 2.47. The van der Waals surface area contributed by atoms with E-state index in [1.807, 2.05) is 0 Å². The maximum atomic E-state index is 12.2. The molecule has 1 aliphatic heterocycles. The van der Waals surface area contributed by atoms with Crippen molar-refractivity contribution < 1.29 is 14.4 Å². The number of ketones is 1. The molecule has 0 aromatic carbocycles. The summed E-state index contributed by atoms with van der Waals surface area (Å²) in [6.07, 6.45) is 5.02. The van der Waals surface area contributed by atoms with Crippen molar-refractivity contribution in [1.29, 1.82) is 0 Å². The van der Waals surface area contributed by atoms with E-state index in [9.17, 15) is 14.4 Å². The molecular formula is C13H12N2O3. The summed E-state index contributed by atoms with van der Waals surface area (Å²) in [5.41, 5.74) is 0.798. The number of rotatable bonds is 1.